The highest BCUT2D eigenvalue weighted by atomic mass is 16.5. The standard InChI is InChI=1S/C48H53N3O2/c1-27-13-14-40-37(17-27)48(11,12)38-20-30(4)42(26-41(38)51(40)43-25-33(15-16-49-43)46(5,6)7)52-35-22-32(21-34(24-35)47(8,9)10)45-50-39-23-31-18-28(2)29(3)19-36(31)44(39)53-45/h13-22,24-26,39,44H,23H2,1-12H3/t39-,44+/m1/s1. The van der Waals surface area contributed by atoms with Crippen molar-refractivity contribution in [1.29, 1.82) is 0 Å². The molecule has 0 amide bonds. The van der Waals surface area contributed by atoms with Gasteiger partial charge in [-0.15, -0.1) is 0 Å². The summed E-state index contributed by atoms with van der Waals surface area (Å²) >= 11 is 0. The Labute approximate surface area is 316 Å². The van der Waals surface area contributed by atoms with E-state index < -0.39 is 0 Å². The van der Waals surface area contributed by atoms with E-state index >= 15 is 0 Å². The number of hydrogen-bond donors (Lipinski definition) is 0. The molecule has 1 aromatic heterocycles. The third-order valence-electron chi connectivity index (χ3n) is 11.7. The van der Waals surface area contributed by atoms with Gasteiger partial charge < -0.3 is 9.47 Å². The van der Waals surface area contributed by atoms with Crippen LogP contribution in [-0.2, 0) is 27.4 Å². The van der Waals surface area contributed by atoms with E-state index in [2.05, 4.69) is 161 Å². The Bertz CT molecular complexity index is 2340. The van der Waals surface area contributed by atoms with E-state index in [-0.39, 0.29) is 28.4 Å². The molecule has 0 radical (unpaired) electrons. The van der Waals surface area contributed by atoms with Crippen LogP contribution in [0.15, 0.2) is 84.0 Å². The van der Waals surface area contributed by atoms with Gasteiger partial charge in [0.15, 0.2) is 0 Å². The molecule has 0 saturated carbocycles. The van der Waals surface area contributed by atoms with E-state index in [0.29, 0.717) is 5.90 Å². The number of hydrogen-bond acceptors (Lipinski definition) is 5. The third kappa shape index (κ3) is 6.02. The molecule has 0 N–H and O–H groups in total. The molecule has 0 spiro atoms. The minimum atomic E-state index is -0.233. The number of nitrogens with zero attached hydrogens (tertiary/aromatic N) is 3. The summed E-state index contributed by atoms with van der Waals surface area (Å²) in [6, 6.07) is 26.9. The number of anilines is 3. The zero-order chi connectivity index (χ0) is 37.8. The van der Waals surface area contributed by atoms with Crippen molar-refractivity contribution in [2.45, 2.75) is 118 Å². The lowest BCUT2D eigenvalue weighted by molar-refractivity contribution is 0.209. The van der Waals surface area contributed by atoms with Gasteiger partial charge in [0.2, 0.25) is 5.90 Å². The van der Waals surface area contributed by atoms with Crippen molar-refractivity contribution in [2.75, 3.05) is 4.90 Å². The van der Waals surface area contributed by atoms with Crippen LogP contribution < -0.4 is 9.64 Å². The number of aliphatic imine (C=N–C) groups is 1. The van der Waals surface area contributed by atoms with Gasteiger partial charge in [-0.05, 0) is 137 Å². The summed E-state index contributed by atoms with van der Waals surface area (Å²) in [6.45, 7) is 26.8. The highest BCUT2D eigenvalue weighted by Crippen LogP contribution is 2.54. The number of fused-ring (bicyclic) bond motifs is 5. The van der Waals surface area contributed by atoms with Crippen LogP contribution in [-0.4, -0.2) is 16.9 Å². The van der Waals surface area contributed by atoms with Gasteiger partial charge in [0.05, 0.1) is 17.4 Å². The predicted molar refractivity (Wildman–Crippen MR) is 218 cm³/mol. The minimum Gasteiger partial charge on any atom is -0.467 e. The van der Waals surface area contributed by atoms with Gasteiger partial charge in [-0.1, -0.05) is 85.2 Å². The van der Waals surface area contributed by atoms with Crippen molar-refractivity contribution in [3.8, 4) is 11.5 Å². The second-order valence-electron chi connectivity index (χ2n) is 18.2. The fourth-order valence-electron chi connectivity index (χ4n) is 8.27. The van der Waals surface area contributed by atoms with E-state index in [1.807, 2.05) is 6.20 Å². The Morgan fingerprint density at radius 1 is 0.736 bits per heavy atom. The van der Waals surface area contributed by atoms with Crippen molar-refractivity contribution in [3.63, 3.8) is 0 Å². The van der Waals surface area contributed by atoms with Crippen LogP contribution >= 0.6 is 0 Å². The van der Waals surface area contributed by atoms with E-state index in [9.17, 15) is 0 Å². The molecule has 272 valence electrons. The van der Waals surface area contributed by atoms with Crippen LogP contribution in [0, 0.1) is 27.7 Å². The smallest absolute Gasteiger partial charge is 0.217 e. The van der Waals surface area contributed by atoms with Gasteiger partial charge in [-0.3, -0.25) is 4.90 Å². The summed E-state index contributed by atoms with van der Waals surface area (Å²) in [6.07, 6.45) is 2.80. The first-order valence-corrected chi connectivity index (χ1v) is 19.1. The average molecular weight is 704 g/mol. The van der Waals surface area contributed by atoms with Gasteiger partial charge in [0, 0.05) is 23.2 Å². The molecule has 1 aliphatic carbocycles. The Morgan fingerprint density at radius 2 is 1.45 bits per heavy atom. The molecule has 2 aliphatic heterocycles. The topological polar surface area (TPSA) is 47.0 Å². The first kappa shape index (κ1) is 35.1. The van der Waals surface area contributed by atoms with E-state index in [1.54, 1.807) is 0 Å². The molecule has 3 heterocycles. The molecule has 53 heavy (non-hydrogen) atoms. The molecule has 0 fully saturated rings. The molecule has 2 atom stereocenters. The summed E-state index contributed by atoms with van der Waals surface area (Å²) in [5.74, 6) is 3.19. The summed E-state index contributed by atoms with van der Waals surface area (Å²) in [5, 5.41) is 0. The third-order valence-corrected chi connectivity index (χ3v) is 11.7. The van der Waals surface area contributed by atoms with Crippen molar-refractivity contribution in [3.05, 3.63) is 140 Å². The predicted octanol–water partition coefficient (Wildman–Crippen LogP) is 12.3. The number of aromatic nitrogens is 1. The minimum absolute atomic E-state index is 0.0175. The fraction of sp³-hybridized carbons (Fsp3) is 0.375. The quantitative estimate of drug-likeness (QED) is 0.187. The Morgan fingerprint density at radius 3 is 2.19 bits per heavy atom. The number of benzene rings is 4. The Hall–Kier alpha value is -4.90. The zero-order valence-corrected chi connectivity index (χ0v) is 33.5. The first-order chi connectivity index (χ1) is 24.9. The first-order valence-electron chi connectivity index (χ1n) is 19.1. The van der Waals surface area contributed by atoms with E-state index in [1.165, 1.54) is 50.1 Å². The van der Waals surface area contributed by atoms with Crippen molar-refractivity contribution in [1.82, 2.24) is 4.98 Å². The lowest BCUT2D eigenvalue weighted by Crippen LogP contribution is -2.31. The van der Waals surface area contributed by atoms with Crippen molar-refractivity contribution >= 4 is 23.1 Å². The summed E-state index contributed by atoms with van der Waals surface area (Å²) < 4.78 is 13.7. The van der Waals surface area contributed by atoms with Crippen LogP contribution in [0.5, 0.6) is 11.5 Å². The summed E-state index contributed by atoms with van der Waals surface area (Å²) in [7, 11) is 0. The number of ether oxygens (including phenoxy) is 2. The lowest BCUT2D eigenvalue weighted by Gasteiger charge is -2.42. The zero-order valence-electron chi connectivity index (χ0n) is 33.5. The monoisotopic (exact) mass is 703 g/mol. The van der Waals surface area contributed by atoms with Crippen LogP contribution in [0.4, 0.5) is 17.2 Å². The molecule has 5 aromatic rings. The van der Waals surface area contributed by atoms with Gasteiger partial charge in [-0.2, -0.15) is 0 Å². The van der Waals surface area contributed by atoms with Gasteiger partial charge in [0.1, 0.15) is 23.4 Å². The largest absolute Gasteiger partial charge is 0.467 e. The molecule has 5 heteroatoms. The molecule has 0 saturated heterocycles. The van der Waals surface area contributed by atoms with Crippen LogP contribution in [0.2, 0.25) is 0 Å². The number of aryl methyl sites for hydroxylation is 4. The Balaban J connectivity index is 1.22. The summed E-state index contributed by atoms with van der Waals surface area (Å²) in [5.41, 5.74) is 15.4. The molecule has 4 aromatic carbocycles. The van der Waals surface area contributed by atoms with Crippen molar-refractivity contribution < 1.29 is 9.47 Å². The van der Waals surface area contributed by atoms with E-state index in [4.69, 9.17) is 19.5 Å². The maximum Gasteiger partial charge on any atom is 0.217 e. The number of rotatable bonds is 4. The maximum atomic E-state index is 6.97. The van der Waals surface area contributed by atoms with Gasteiger partial charge >= 0.3 is 0 Å². The molecule has 8 rings (SSSR count). The fourth-order valence-corrected chi connectivity index (χ4v) is 8.27. The van der Waals surface area contributed by atoms with E-state index in [0.717, 1.165) is 46.2 Å². The molecule has 5 nitrogen and oxygen atoms in total. The molecular formula is C48H53N3O2. The SMILES string of the molecule is Cc1ccc2c(c1)C(C)(C)c1cc(C)c(Oc3cc(C4=N[C@@H]5Cc6cc(C)c(C)cc6[C@@H]5O4)cc(C(C)(C)C)c3)cc1N2c1cc(C(C)(C)C)ccn1. The highest BCUT2D eigenvalue weighted by Gasteiger charge is 2.41. The lowest BCUT2D eigenvalue weighted by atomic mass is 9.72. The van der Waals surface area contributed by atoms with Crippen LogP contribution in [0.25, 0.3) is 0 Å². The second kappa shape index (κ2) is 12.1. The normalized spacial score (nSPS) is 18.5. The number of pyridine rings is 1. The maximum absolute atomic E-state index is 6.97. The summed E-state index contributed by atoms with van der Waals surface area (Å²) in [4.78, 5) is 12.5. The average Bonchev–Trinajstić information content (AvgIpc) is 3.64. The molecule has 0 unspecified atom stereocenters. The highest BCUT2D eigenvalue weighted by molar-refractivity contribution is 5.96. The van der Waals surface area contributed by atoms with Crippen LogP contribution in [0.1, 0.15) is 123 Å². The Kier molecular flexibility index (Phi) is 8.00. The molecular weight excluding hydrogens is 651 g/mol. The van der Waals surface area contributed by atoms with Gasteiger partial charge in [0.25, 0.3) is 0 Å². The molecule has 0 bridgehead atoms. The molecule has 3 aliphatic rings. The second-order valence-corrected chi connectivity index (χ2v) is 18.2. The van der Waals surface area contributed by atoms with Gasteiger partial charge in [-0.25, -0.2) is 9.98 Å². The van der Waals surface area contributed by atoms with Crippen LogP contribution in [0.3, 0.4) is 0 Å². The van der Waals surface area contributed by atoms with Crippen molar-refractivity contribution in [2.24, 2.45) is 4.99 Å².